The topological polar surface area (TPSA) is 91.5 Å². The Morgan fingerprint density at radius 3 is 2.62 bits per heavy atom. The number of ether oxygens (including phenoxy) is 2. The SMILES string of the molecule is COC(=O)C[C@@H](C(=O)OC)c1csc(N)n1. The smallest absolute Gasteiger partial charge is 0.315 e. The number of nitrogens with zero attached hydrogens (tertiary/aromatic N) is 1. The van der Waals surface area contributed by atoms with Crippen LogP contribution < -0.4 is 5.73 Å². The fraction of sp³-hybridized carbons (Fsp3) is 0.444. The molecule has 0 fully saturated rings. The Kier molecular flexibility index (Phi) is 4.24. The fourth-order valence-corrected chi connectivity index (χ4v) is 1.78. The molecule has 1 atom stereocenters. The molecule has 6 nitrogen and oxygen atoms in total. The van der Waals surface area contributed by atoms with Crippen LogP contribution in [0, 0.1) is 0 Å². The molecule has 0 aromatic carbocycles. The van der Waals surface area contributed by atoms with Crippen molar-refractivity contribution in [1.82, 2.24) is 4.98 Å². The van der Waals surface area contributed by atoms with Crippen LogP contribution in [0.2, 0.25) is 0 Å². The number of rotatable bonds is 4. The quantitative estimate of drug-likeness (QED) is 0.777. The molecule has 0 spiro atoms. The van der Waals surface area contributed by atoms with Crippen LogP contribution in [-0.4, -0.2) is 31.1 Å². The van der Waals surface area contributed by atoms with Crippen LogP contribution in [0.15, 0.2) is 5.38 Å². The number of nitrogens with two attached hydrogens (primary N) is 1. The highest BCUT2D eigenvalue weighted by Gasteiger charge is 2.27. The summed E-state index contributed by atoms with van der Waals surface area (Å²) >= 11 is 1.20. The van der Waals surface area contributed by atoms with E-state index in [0.29, 0.717) is 10.8 Å². The summed E-state index contributed by atoms with van der Waals surface area (Å²) in [6.45, 7) is 0. The first-order chi connectivity index (χ1) is 7.58. The summed E-state index contributed by atoms with van der Waals surface area (Å²) < 4.78 is 9.10. The van der Waals surface area contributed by atoms with Gasteiger partial charge in [0.15, 0.2) is 5.13 Å². The molecule has 0 saturated carbocycles. The molecule has 16 heavy (non-hydrogen) atoms. The lowest BCUT2D eigenvalue weighted by atomic mass is 10.0. The number of aromatic nitrogens is 1. The molecule has 7 heteroatoms. The number of nitrogen functional groups attached to an aromatic ring is 1. The molecule has 0 saturated heterocycles. The first-order valence-corrected chi connectivity index (χ1v) is 5.32. The second-order valence-corrected chi connectivity index (χ2v) is 3.86. The van der Waals surface area contributed by atoms with Gasteiger partial charge in [-0.05, 0) is 0 Å². The molecular formula is C9H12N2O4S. The number of hydrogen-bond donors (Lipinski definition) is 1. The Labute approximate surface area is 96.4 Å². The van der Waals surface area contributed by atoms with E-state index in [9.17, 15) is 9.59 Å². The summed E-state index contributed by atoms with van der Waals surface area (Å²) in [6.07, 6.45) is -0.105. The van der Waals surface area contributed by atoms with Crippen molar-refractivity contribution in [1.29, 1.82) is 0 Å². The molecule has 0 aliphatic rings. The monoisotopic (exact) mass is 244 g/mol. The predicted octanol–water partition coefficient (Wildman–Crippen LogP) is 0.545. The van der Waals surface area contributed by atoms with Crippen molar-refractivity contribution in [2.24, 2.45) is 0 Å². The average Bonchev–Trinajstić information content (AvgIpc) is 2.71. The van der Waals surface area contributed by atoms with Crippen molar-refractivity contribution in [3.63, 3.8) is 0 Å². The van der Waals surface area contributed by atoms with E-state index in [1.54, 1.807) is 5.38 Å². The minimum atomic E-state index is -0.758. The summed E-state index contributed by atoms with van der Waals surface area (Å²) in [7, 11) is 2.51. The molecule has 0 aliphatic heterocycles. The normalized spacial score (nSPS) is 11.9. The predicted molar refractivity (Wildman–Crippen MR) is 57.9 cm³/mol. The van der Waals surface area contributed by atoms with Gasteiger partial charge in [-0.2, -0.15) is 0 Å². The van der Waals surface area contributed by atoms with Crippen LogP contribution in [0.1, 0.15) is 18.0 Å². The lowest BCUT2D eigenvalue weighted by molar-refractivity contribution is -0.149. The molecule has 1 heterocycles. The van der Waals surface area contributed by atoms with Crippen LogP contribution in [0.5, 0.6) is 0 Å². The summed E-state index contributed by atoms with van der Waals surface area (Å²) in [6, 6.07) is 0. The zero-order valence-corrected chi connectivity index (χ0v) is 9.74. The minimum absolute atomic E-state index is 0.105. The molecule has 0 aliphatic carbocycles. The van der Waals surface area contributed by atoms with Gasteiger partial charge in [-0.15, -0.1) is 11.3 Å². The number of carbonyl (C=O) groups is 2. The van der Waals surface area contributed by atoms with Gasteiger partial charge < -0.3 is 15.2 Å². The van der Waals surface area contributed by atoms with E-state index in [-0.39, 0.29) is 6.42 Å². The van der Waals surface area contributed by atoms with E-state index in [2.05, 4.69) is 14.5 Å². The first kappa shape index (κ1) is 12.4. The first-order valence-electron chi connectivity index (χ1n) is 4.44. The number of thiazole rings is 1. The van der Waals surface area contributed by atoms with Crippen molar-refractivity contribution < 1.29 is 19.1 Å². The molecule has 1 aromatic rings. The highest BCUT2D eigenvalue weighted by molar-refractivity contribution is 7.13. The molecule has 0 radical (unpaired) electrons. The highest BCUT2D eigenvalue weighted by Crippen LogP contribution is 2.24. The van der Waals surface area contributed by atoms with E-state index >= 15 is 0 Å². The maximum absolute atomic E-state index is 11.5. The Bertz CT molecular complexity index is 391. The molecule has 1 rings (SSSR count). The Morgan fingerprint density at radius 1 is 1.50 bits per heavy atom. The zero-order valence-electron chi connectivity index (χ0n) is 8.93. The Hall–Kier alpha value is -1.63. The maximum Gasteiger partial charge on any atom is 0.315 e. The highest BCUT2D eigenvalue weighted by atomic mass is 32.1. The van der Waals surface area contributed by atoms with Crippen molar-refractivity contribution in [2.45, 2.75) is 12.3 Å². The van der Waals surface area contributed by atoms with Gasteiger partial charge in [0.25, 0.3) is 0 Å². The molecular weight excluding hydrogens is 232 g/mol. The third-order valence-electron chi connectivity index (χ3n) is 1.98. The van der Waals surface area contributed by atoms with Gasteiger partial charge in [-0.25, -0.2) is 4.98 Å². The third-order valence-corrected chi connectivity index (χ3v) is 2.67. The van der Waals surface area contributed by atoms with Gasteiger partial charge in [0, 0.05) is 5.38 Å². The number of methoxy groups -OCH3 is 2. The van der Waals surface area contributed by atoms with Gasteiger partial charge in [0.05, 0.1) is 26.3 Å². The van der Waals surface area contributed by atoms with Gasteiger partial charge in [-0.3, -0.25) is 9.59 Å². The van der Waals surface area contributed by atoms with E-state index in [0.717, 1.165) is 0 Å². The average molecular weight is 244 g/mol. The number of hydrogen-bond acceptors (Lipinski definition) is 7. The summed E-state index contributed by atoms with van der Waals surface area (Å²) in [5.74, 6) is -1.79. The van der Waals surface area contributed by atoms with E-state index in [1.807, 2.05) is 0 Å². The fourth-order valence-electron chi connectivity index (χ4n) is 1.16. The Balaban J connectivity index is 2.87. The zero-order chi connectivity index (χ0) is 12.1. The van der Waals surface area contributed by atoms with Crippen LogP contribution in [0.3, 0.4) is 0 Å². The van der Waals surface area contributed by atoms with E-state index < -0.39 is 17.9 Å². The van der Waals surface area contributed by atoms with Crippen LogP contribution in [0.25, 0.3) is 0 Å². The lowest BCUT2D eigenvalue weighted by Gasteiger charge is -2.10. The van der Waals surface area contributed by atoms with Crippen LogP contribution in [0.4, 0.5) is 5.13 Å². The molecule has 2 N–H and O–H groups in total. The van der Waals surface area contributed by atoms with Crippen LogP contribution >= 0.6 is 11.3 Å². The van der Waals surface area contributed by atoms with Crippen molar-refractivity contribution in [3.8, 4) is 0 Å². The lowest BCUT2D eigenvalue weighted by Crippen LogP contribution is -2.19. The maximum atomic E-state index is 11.5. The van der Waals surface area contributed by atoms with Gasteiger partial charge >= 0.3 is 11.9 Å². The third kappa shape index (κ3) is 2.93. The number of anilines is 1. The summed E-state index contributed by atoms with van der Waals surface area (Å²) in [5, 5.41) is 1.97. The summed E-state index contributed by atoms with van der Waals surface area (Å²) in [5.41, 5.74) is 5.89. The molecule has 0 amide bonds. The number of carbonyl (C=O) groups excluding carboxylic acids is 2. The van der Waals surface area contributed by atoms with Gasteiger partial charge in [0.1, 0.15) is 5.92 Å². The standard InChI is InChI=1S/C9H12N2O4S/c1-14-7(12)3-5(8(13)15-2)6-4-16-9(10)11-6/h4-5H,3H2,1-2H3,(H2,10,11)/t5-/m1/s1. The molecule has 0 unspecified atom stereocenters. The van der Waals surface area contributed by atoms with Crippen molar-refractivity contribution >= 4 is 28.4 Å². The largest absolute Gasteiger partial charge is 0.469 e. The minimum Gasteiger partial charge on any atom is -0.469 e. The molecule has 88 valence electrons. The van der Waals surface area contributed by atoms with Gasteiger partial charge in [0.2, 0.25) is 0 Å². The second kappa shape index (κ2) is 5.45. The number of esters is 2. The summed E-state index contributed by atoms with van der Waals surface area (Å²) in [4.78, 5) is 26.6. The van der Waals surface area contributed by atoms with E-state index in [1.165, 1.54) is 25.6 Å². The van der Waals surface area contributed by atoms with Crippen LogP contribution in [-0.2, 0) is 19.1 Å². The Morgan fingerprint density at radius 2 is 2.19 bits per heavy atom. The molecule has 1 aromatic heterocycles. The second-order valence-electron chi connectivity index (χ2n) is 2.97. The van der Waals surface area contributed by atoms with Crippen molar-refractivity contribution in [3.05, 3.63) is 11.1 Å². The van der Waals surface area contributed by atoms with Gasteiger partial charge in [-0.1, -0.05) is 0 Å². The van der Waals surface area contributed by atoms with Crippen molar-refractivity contribution in [2.75, 3.05) is 20.0 Å². The molecule has 0 bridgehead atoms. The van der Waals surface area contributed by atoms with E-state index in [4.69, 9.17) is 5.73 Å².